The topological polar surface area (TPSA) is 100 Å². The molecule has 0 amide bonds. The first-order chi connectivity index (χ1) is 10.8. The molecule has 1 atom stereocenters. The molecule has 0 saturated heterocycles. The Kier molecular flexibility index (Phi) is 5.38. The summed E-state index contributed by atoms with van der Waals surface area (Å²) in [6.45, 7) is 0. The average molecular weight is 332 g/mol. The van der Waals surface area contributed by atoms with Crippen LogP contribution in [0.1, 0.15) is 17.2 Å². The summed E-state index contributed by atoms with van der Waals surface area (Å²) in [5.74, 6) is 0. The molecule has 1 aromatic heterocycles. The van der Waals surface area contributed by atoms with Crippen LogP contribution in [0.5, 0.6) is 0 Å². The van der Waals surface area contributed by atoms with E-state index in [1.165, 1.54) is 0 Å². The van der Waals surface area contributed by atoms with Crippen molar-refractivity contribution in [2.24, 2.45) is 0 Å². The molecule has 2 aromatic carbocycles. The number of nitrogens with zero attached hydrogens (tertiary/aromatic N) is 2. The van der Waals surface area contributed by atoms with Crippen molar-refractivity contribution in [2.75, 3.05) is 6.26 Å². The first kappa shape index (κ1) is 17.0. The summed E-state index contributed by atoms with van der Waals surface area (Å²) in [4.78, 5) is 8.45. The normalized spacial score (nSPS) is 12.3. The van der Waals surface area contributed by atoms with E-state index in [0.717, 1.165) is 22.2 Å². The van der Waals surface area contributed by atoms with E-state index in [9.17, 15) is 13.5 Å². The highest BCUT2D eigenvalue weighted by molar-refractivity contribution is 7.85. The van der Waals surface area contributed by atoms with Gasteiger partial charge in [0, 0.05) is 12.4 Å². The van der Waals surface area contributed by atoms with Crippen LogP contribution in [0, 0.1) is 0 Å². The van der Waals surface area contributed by atoms with Crippen LogP contribution in [0.2, 0.25) is 0 Å². The molecule has 0 bridgehead atoms. The summed E-state index contributed by atoms with van der Waals surface area (Å²) in [7, 11) is -3.67. The van der Waals surface area contributed by atoms with Gasteiger partial charge in [0.25, 0.3) is 10.1 Å². The highest BCUT2D eigenvalue weighted by Crippen LogP contribution is 2.23. The molecule has 0 aliphatic heterocycles. The van der Waals surface area contributed by atoms with E-state index in [1.807, 2.05) is 48.5 Å². The summed E-state index contributed by atoms with van der Waals surface area (Å²) >= 11 is 0. The molecule has 1 unspecified atom stereocenters. The van der Waals surface area contributed by atoms with E-state index in [2.05, 4.69) is 9.97 Å². The second kappa shape index (κ2) is 7.28. The SMILES string of the molecule is CS(=O)(=O)O.OC(c1ccccc1)c1ccc2nccnc2c1. The van der Waals surface area contributed by atoms with Gasteiger partial charge in [0.05, 0.1) is 17.3 Å². The van der Waals surface area contributed by atoms with Crippen LogP contribution in [-0.2, 0) is 10.1 Å². The highest BCUT2D eigenvalue weighted by Gasteiger charge is 2.10. The van der Waals surface area contributed by atoms with E-state index >= 15 is 0 Å². The quantitative estimate of drug-likeness (QED) is 0.698. The van der Waals surface area contributed by atoms with Crippen LogP contribution >= 0.6 is 0 Å². The number of aliphatic hydroxyl groups excluding tert-OH is 1. The number of hydrogen-bond acceptors (Lipinski definition) is 5. The fourth-order valence-electron chi connectivity index (χ4n) is 1.98. The van der Waals surface area contributed by atoms with Gasteiger partial charge in [0.15, 0.2) is 0 Å². The number of rotatable bonds is 2. The number of fused-ring (bicyclic) bond motifs is 1. The molecule has 0 saturated carbocycles. The van der Waals surface area contributed by atoms with Gasteiger partial charge in [-0.1, -0.05) is 36.4 Å². The Labute approximate surface area is 134 Å². The Morgan fingerprint density at radius 2 is 1.48 bits per heavy atom. The zero-order valence-corrected chi connectivity index (χ0v) is 13.2. The Hall–Kier alpha value is -2.35. The van der Waals surface area contributed by atoms with Gasteiger partial charge >= 0.3 is 0 Å². The number of benzene rings is 2. The van der Waals surface area contributed by atoms with E-state index < -0.39 is 16.2 Å². The molecule has 0 fully saturated rings. The molecular weight excluding hydrogens is 316 g/mol. The molecule has 120 valence electrons. The van der Waals surface area contributed by atoms with Gasteiger partial charge in [-0.3, -0.25) is 14.5 Å². The molecule has 0 spiro atoms. The van der Waals surface area contributed by atoms with Gasteiger partial charge in [-0.15, -0.1) is 0 Å². The van der Waals surface area contributed by atoms with Crippen LogP contribution in [0.15, 0.2) is 60.9 Å². The zero-order valence-electron chi connectivity index (χ0n) is 12.4. The lowest BCUT2D eigenvalue weighted by molar-refractivity contribution is 0.220. The van der Waals surface area contributed by atoms with Gasteiger partial charge in [-0.05, 0) is 23.3 Å². The van der Waals surface area contributed by atoms with Crippen molar-refractivity contribution in [1.82, 2.24) is 9.97 Å². The van der Waals surface area contributed by atoms with Crippen LogP contribution in [-0.4, -0.2) is 34.3 Å². The fraction of sp³-hybridized carbons (Fsp3) is 0.125. The summed E-state index contributed by atoms with van der Waals surface area (Å²) in [6, 6.07) is 15.2. The van der Waals surface area contributed by atoms with E-state index in [1.54, 1.807) is 12.4 Å². The van der Waals surface area contributed by atoms with Crippen molar-refractivity contribution in [1.29, 1.82) is 0 Å². The van der Waals surface area contributed by atoms with E-state index in [-0.39, 0.29) is 0 Å². The van der Waals surface area contributed by atoms with Crippen LogP contribution in [0.3, 0.4) is 0 Å². The van der Waals surface area contributed by atoms with Gasteiger partial charge in [-0.25, -0.2) is 0 Å². The summed E-state index contributed by atoms with van der Waals surface area (Å²) < 4.78 is 25.9. The second-order valence-electron chi connectivity index (χ2n) is 4.85. The molecule has 0 radical (unpaired) electrons. The van der Waals surface area contributed by atoms with Gasteiger partial charge in [-0.2, -0.15) is 8.42 Å². The standard InChI is InChI=1S/C15H12N2O.CH4O3S/c18-15(11-4-2-1-3-5-11)12-6-7-13-14(10-12)17-9-8-16-13;1-5(2,3)4/h1-10,15,18H;1H3,(H,2,3,4). The summed E-state index contributed by atoms with van der Waals surface area (Å²) in [5.41, 5.74) is 3.33. The fourth-order valence-corrected chi connectivity index (χ4v) is 1.98. The Balaban J connectivity index is 0.000000338. The molecule has 23 heavy (non-hydrogen) atoms. The smallest absolute Gasteiger partial charge is 0.261 e. The van der Waals surface area contributed by atoms with Crippen molar-refractivity contribution in [3.05, 3.63) is 72.1 Å². The lowest BCUT2D eigenvalue weighted by atomic mass is 10.0. The molecule has 2 N–H and O–H groups in total. The van der Waals surface area contributed by atoms with Crippen molar-refractivity contribution >= 4 is 21.2 Å². The molecule has 3 aromatic rings. The monoisotopic (exact) mass is 332 g/mol. The third-order valence-electron chi connectivity index (χ3n) is 2.92. The zero-order chi connectivity index (χ0) is 16.9. The van der Waals surface area contributed by atoms with Crippen LogP contribution < -0.4 is 0 Å². The number of hydrogen-bond donors (Lipinski definition) is 2. The minimum absolute atomic E-state index is 0.627. The van der Waals surface area contributed by atoms with Gasteiger partial charge in [0.1, 0.15) is 6.10 Å². The van der Waals surface area contributed by atoms with Crippen molar-refractivity contribution in [2.45, 2.75) is 6.10 Å². The van der Waals surface area contributed by atoms with Crippen molar-refractivity contribution in [3.63, 3.8) is 0 Å². The molecule has 3 rings (SSSR count). The minimum Gasteiger partial charge on any atom is -0.384 e. The molecule has 7 heteroatoms. The van der Waals surface area contributed by atoms with E-state index in [0.29, 0.717) is 6.26 Å². The first-order valence-corrected chi connectivity index (χ1v) is 8.55. The maximum Gasteiger partial charge on any atom is 0.261 e. The summed E-state index contributed by atoms with van der Waals surface area (Å²) in [5, 5.41) is 10.3. The van der Waals surface area contributed by atoms with Gasteiger partial charge in [0.2, 0.25) is 0 Å². The maximum atomic E-state index is 10.3. The Morgan fingerprint density at radius 1 is 0.913 bits per heavy atom. The van der Waals surface area contributed by atoms with Crippen LogP contribution in [0.4, 0.5) is 0 Å². The average Bonchev–Trinajstić information content (AvgIpc) is 2.53. The van der Waals surface area contributed by atoms with E-state index in [4.69, 9.17) is 4.55 Å². The molecule has 1 heterocycles. The second-order valence-corrected chi connectivity index (χ2v) is 6.32. The highest BCUT2D eigenvalue weighted by atomic mass is 32.2. The molecule has 0 aliphatic carbocycles. The number of aliphatic hydroxyl groups is 1. The first-order valence-electron chi connectivity index (χ1n) is 6.71. The third-order valence-corrected chi connectivity index (χ3v) is 2.92. The van der Waals surface area contributed by atoms with Crippen molar-refractivity contribution in [3.8, 4) is 0 Å². The third kappa shape index (κ3) is 5.41. The Bertz CT molecular complexity index is 875. The lowest BCUT2D eigenvalue weighted by Gasteiger charge is -2.11. The maximum absolute atomic E-state index is 10.3. The number of aromatic nitrogens is 2. The van der Waals surface area contributed by atoms with Gasteiger partial charge < -0.3 is 5.11 Å². The minimum atomic E-state index is -3.67. The largest absolute Gasteiger partial charge is 0.384 e. The predicted octanol–water partition coefficient (Wildman–Crippen LogP) is 2.22. The lowest BCUT2D eigenvalue weighted by Crippen LogP contribution is -1.99. The Morgan fingerprint density at radius 3 is 2.09 bits per heavy atom. The molecule has 0 aliphatic rings. The molecule has 6 nitrogen and oxygen atoms in total. The molecular formula is C16H16N2O4S. The summed E-state index contributed by atoms with van der Waals surface area (Å²) in [6.07, 6.45) is 3.40. The van der Waals surface area contributed by atoms with Crippen molar-refractivity contribution < 1.29 is 18.1 Å². The van der Waals surface area contributed by atoms with Crippen LogP contribution in [0.25, 0.3) is 11.0 Å². The predicted molar refractivity (Wildman–Crippen MR) is 87.5 cm³/mol.